The average Bonchev–Trinajstić information content (AvgIpc) is 3.40. The lowest BCUT2D eigenvalue weighted by Crippen LogP contribution is -2.17. The first kappa shape index (κ1) is 21.1. The summed E-state index contributed by atoms with van der Waals surface area (Å²) in [5.41, 5.74) is -0.957. The van der Waals surface area contributed by atoms with Crippen LogP contribution >= 0.6 is 0 Å². The summed E-state index contributed by atoms with van der Waals surface area (Å²) in [7, 11) is 0. The molecule has 3 aromatic rings. The minimum atomic E-state index is -4.54. The van der Waals surface area contributed by atoms with Crippen LogP contribution in [0.3, 0.4) is 0 Å². The quantitative estimate of drug-likeness (QED) is 0.553. The molecule has 7 nitrogen and oxygen atoms in total. The van der Waals surface area contributed by atoms with E-state index in [4.69, 9.17) is 4.74 Å². The third-order valence-electron chi connectivity index (χ3n) is 4.77. The molecule has 1 saturated carbocycles. The Bertz CT molecular complexity index is 1070. The number of halogens is 3. The smallest absolute Gasteiger partial charge is 0.435 e. The molecule has 0 bridgehead atoms. The van der Waals surface area contributed by atoms with Gasteiger partial charge in [0.2, 0.25) is 5.88 Å². The summed E-state index contributed by atoms with van der Waals surface area (Å²) in [6, 6.07) is 7.45. The molecule has 0 atom stereocenters. The topological polar surface area (TPSA) is 85.1 Å². The molecule has 31 heavy (non-hydrogen) atoms. The van der Waals surface area contributed by atoms with Crippen molar-refractivity contribution in [2.75, 3.05) is 5.32 Å². The molecule has 0 aliphatic heterocycles. The first-order chi connectivity index (χ1) is 14.6. The van der Waals surface area contributed by atoms with Crippen molar-refractivity contribution in [1.82, 2.24) is 19.7 Å². The monoisotopic (exact) mass is 433 g/mol. The first-order valence-electron chi connectivity index (χ1n) is 9.83. The highest BCUT2D eigenvalue weighted by Gasteiger charge is 2.36. The van der Waals surface area contributed by atoms with Gasteiger partial charge in [-0.2, -0.15) is 18.3 Å². The van der Waals surface area contributed by atoms with Crippen molar-refractivity contribution in [2.24, 2.45) is 5.92 Å². The number of rotatable bonds is 7. The van der Waals surface area contributed by atoms with Crippen molar-refractivity contribution in [1.29, 1.82) is 0 Å². The van der Waals surface area contributed by atoms with Crippen molar-refractivity contribution < 1.29 is 23.0 Å². The fourth-order valence-corrected chi connectivity index (χ4v) is 2.95. The van der Waals surface area contributed by atoms with Crippen LogP contribution < -0.4 is 10.1 Å². The van der Waals surface area contributed by atoms with Gasteiger partial charge in [0.15, 0.2) is 5.69 Å². The van der Waals surface area contributed by atoms with Crippen molar-refractivity contribution in [3.8, 4) is 11.6 Å². The number of nitrogens with zero attached hydrogens (tertiary/aromatic N) is 4. The summed E-state index contributed by atoms with van der Waals surface area (Å²) in [4.78, 5) is 8.37. The summed E-state index contributed by atoms with van der Waals surface area (Å²) in [6.45, 7) is 3.65. The zero-order valence-corrected chi connectivity index (χ0v) is 17.0. The number of nitrogens with one attached hydrogen (secondary N) is 1. The van der Waals surface area contributed by atoms with E-state index < -0.39 is 17.5 Å². The maximum Gasteiger partial charge on any atom is 0.435 e. The van der Waals surface area contributed by atoms with E-state index in [0.717, 1.165) is 18.9 Å². The Balaban J connectivity index is 1.55. The van der Waals surface area contributed by atoms with Gasteiger partial charge in [-0.3, -0.25) is 4.98 Å². The van der Waals surface area contributed by atoms with Crippen LogP contribution in [-0.4, -0.2) is 24.9 Å². The third kappa shape index (κ3) is 5.32. The molecule has 0 radical (unpaired) electrons. The molecular weight excluding hydrogens is 411 g/mol. The average molecular weight is 433 g/mol. The summed E-state index contributed by atoms with van der Waals surface area (Å²) in [5.74, 6) is 1.11. The van der Waals surface area contributed by atoms with Gasteiger partial charge < -0.3 is 15.2 Å². The Labute approximate surface area is 176 Å². The maximum atomic E-state index is 13.1. The fraction of sp³-hybridized carbons (Fsp3) is 0.381. The van der Waals surface area contributed by atoms with E-state index in [1.54, 1.807) is 44.3 Å². The van der Waals surface area contributed by atoms with Crippen molar-refractivity contribution >= 4 is 11.5 Å². The van der Waals surface area contributed by atoms with Gasteiger partial charge in [0.05, 0.1) is 5.69 Å². The molecule has 3 aromatic heterocycles. The molecule has 0 saturated heterocycles. The van der Waals surface area contributed by atoms with Gasteiger partial charge in [-0.1, -0.05) is 0 Å². The van der Waals surface area contributed by atoms with Crippen LogP contribution in [0.1, 0.15) is 38.1 Å². The standard InChI is InChI=1S/C21H22F3N5O2/c1-20(2,30)16-9-14(5-7-25-16)27-18-10-15(6-8-26-18)31-19-11-17(21(22,23)24)28-29(19)12-13-3-4-13/h5-11,13,30H,3-4,12H2,1-2H3,(H,25,26,27). The largest absolute Gasteiger partial charge is 0.439 e. The highest BCUT2D eigenvalue weighted by atomic mass is 19.4. The molecule has 2 N–H and O–H groups in total. The van der Waals surface area contributed by atoms with E-state index >= 15 is 0 Å². The number of ether oxygens (including phenoxy) is 1. The van der Waals surface area contributed by atoms with E-state index in [0.29, 0.717) is 35.4 Å². The molecule has 4 rings (SSSR count). The summed E-state index contributed by atoms with van der Waals surface area (Å²) in [6.07, 6.45) is 0.454. The highest BCUT2D eigenvalue weighted by molar-refractivity contribution is 5.57. The van der Waals surface area contributed by atoms with Crippen LogP contribution in [0, 0.1) is 5.92 Å². The van der Waals surface area contributed by atoms with Crippen molar-refractivity contribution in [3.63, 3.8) is 0 Å². The van der Waals surface area contributed by atoms with Gasteiger partial charge >= 0.3 is 6.18 Å². The Kier molecular flexibility index (Phi) is 5.34. The van der Waals surface area contributed by atoms with Crippen LogP contribution in [0.2, 0.25) is 0 Å². The minimum Gasteiger partial charge on any atom is -0.439 e. The summed E-state index contributed by atoms with van der Waals surface area (Å²) in [5, 5.41) is 16.9. The van der Waals surface area contributed by atoms with Gasteiger partial charge in [0, 0.05) is 36.8 Å². The number of pyridine rings is 2. The molecule has 0 amide bonds. The van der Waals surface area contributed by atoms with Crippen LogP contribution in [0.15, 0.2) is 42.7 Å². The number of aromatic nitrogens is 4. The van der Waals surface area contributed by atoms with Crippen LogP contribution in [0.25, 0.3) is 0 Å². The molecule has 3 heterocycles. The van der Waals surface area contributed by atoms with E-state index in [-0.39, 0.29) is 5.88 Å². The predicted molar refractivity (Wildman–Crippen MR) is 107 cm³/mol. The van der Waals surface area contributed by atoms with E-state index in [1.165, 1.54) is 10.9 Å². The molecule has 1 aliphatic carbocycles. The van der Waals surface area contributed by atoms with Crippen LogP contribution in [0.4, 0.5) is 24.7 Å². The van der Waals surface area contributed by atoms with E-state index in [2.05, 4.69) is 20.4 Å². The molecular formula is C21H22F3N5O2. The first-order valence-corrected chi connectivity index (χ1v) is 9.83. The molecule has 0 spiro atoms. The zero-order valence-electron chi connectivity index (χ0n) is 17.0. The van der Waals surface area contributed by atoms with Gasteiger partial charge in [-0.25, -0.2) is 9.67 Å². The summed E-state index contributed by atoms with van der Waals surface area (Å²) >= 11 is 0. The van der Waals surface area contributed by atoms with Gasteiger partial charge in [0.1, 0.15) is 17.2 Å². The molecule has 10 heteroatoms. The molecule has 1 aliphatic rings. The Morgan fingerprint density at radius 2 is 1.84 bits per heavy atom. The van der Waals surface area contributed by atoms with Crippen molar-refractivity contribution in [3.05, 3.63) is 54.1 Å². The maximum absolute atomic E-state index is 13.1. The van der Waals surface area contributed by atoms with Gasteiger partial charge in [-0.05, 0) is 50.8 Å². The number of aliphatic hydroxyl groups is 1. The normalized spacial score (nSPS) is 14.5. The molecule has 0 unspecified atom stereocenters. The lowest BCUT2D eigenvalue weighted by molar-refractivity contribution is -0.141. The SMILES string of the molecule is CC(C)(O)c1cc(Nc2cc(Oc3cc(C(F)(F)F)nn3CC3CC3)ccn2)ccn1. The Morgan fingerprint density at radius 3 is 2.52 bits per heavy atom. The fourth-order valence-electron chi connectivity index (χ4n) is 2.95. The van der Waals surface area contributed by atoms with Crippen molar-refractivity contribution in [2.45, 2.75) is 45.0 Å². The predicted octanol–water partition coefficient (Wildman–Crippen LogP) is 4.87. The zero-order chi connectivity index (χ0) is 22.2. The number of hydrogen-bond donors (Lipinski definition) is 2. The molecule has 164 valence electrons. The number of alkyl halides is 3. The molecule has 0 aromatic carbocycles. The Morgan fingerprint density at radius 1 is 1.10 bits per heavy atom. The van der Waals surface area contributed by atoms with E-state index in [9.17, 15) is 18.3 Å². The number of hydrogen-bond acceptors (Lipinski definition) is 6. The van der Waals surface area contributed by atoms with Gasteiger partial charge in [-0.15, -0.1) is 0 Å². The summed E-state index contributed by atoms with van der Waals surface area (Å²) < 4.78 is 46.4. The second-order valence-electron chi connectivity index (χ2n) is 8.08. The lowest BCUT2D eigenvalue weighted by atomic mass is 10.0. The number of anilines is 2. The Hall–Kier alpha value is -3.14. The molecule has 1 fully saturated rings. The van der Waals surface area contributed by atoms with Crippen LogP contribution in [0.5, 0.6) is 11.6 Å². The third-order valence-corrected chi connectivity index (χ3v) is 4.77. The highest BCUT2D eigenvalue weighted by Crippen LogP contribution is 2.36. The second kappa shape index (κ2) is 7.84. The minimum absolute atomic E-state index is 0.0320. The van der Waals surface area contributed by atoms with E-state index in [1.807, 2.05) is 0 Å². The van der Waals surface area contributed by atoms with Crippen LogP contribution in [-0.2, 0) is 18.3 Å². The lowest BCUT2D eigenvalue weighted by Gasteiger charge is -2.17. The second-order valence-corrected chi connectivity index (χ2v) is 8.08. The van der Waals surface area contributed by atoms with Gasteiger partial charge in [0.25, 0.3) is 0 Å².